The second kappa shape index (κ2) is 9.80. The van der Waals surface area contributed by atoms with Crippen molar-refractivity contribution in [2.24, 2.45) is 0 Å². The number of piperazine rings is 1. The Balaban J connectivity index is 1.53. The number of methoxy groups -OCH3 is 1. The number of nitrogens with zero attached hydrogens (tertiary/aromatic N) is 2. The van der Waals surface area contributed by atoms with Crippen LogP contribution in [0.5, 0.6) is 5.75 Å². The zero-order valence-corrected chi connectivity index (χ0v) is 19.4. The number of benzene rings is 2. The summed E-state index contributed by atoms with van der Waals surface area (Å²) in [5.74, 6) is 0.603. The SMILES string of the molecule is COc1ccc(C)cc1NC(=O)Nc1ccc(N2CCN(C(=O)OC(C)(C)C)CC2)cc1. The van der Waals surface area contributed by atoms with Crippen molar-refractivity contribution >= 4 is 29.2 Å². The molecule has 0 bridgehead atoms. The maximum Gasteiger partial charge on any atom is 0.410 e. The van der Waals surface area contributed by atoms with E-state index in [-0.39, 0.29) is 12.1 Å². The van der Waals surface area contributed by atoms with E-state index in [9.17, 15) is 9.59 Å². The van der Waals surface area contributed by atoms with Crippen LogP contribution in [0, 0.1) is 6.92 Å². The molecule has 0 aromatic heterocycles. The molecule has 1 fully saturated rings. The van der Waals surface area contributed by atoms with E-state index in [1.165, 1.54) is 0 Å². The molecule has 1 aliphatic heterocycles. The van der Waals surface area contributed by atoms with Crippen LogP contribution in [0.3, 0.4) is 0 Å². The Kier molecular flexibility index (Phi) is 7.12. The Morgan fingerprint density at radius 3 is 2.19 bits per heavy atom. The summed E-state index contributed by atoms with van der Waals surface area (Å²) in [6.45, 7) is 10.2. The molecule has 0 atom stereocenters. The molecule has 172 valence electrons. The van der Waals surface area contributed by atoms with Crippen molar-refractivity contribution in [1.82, 2.24) is 4.90 Å². The largest absolute Gasteiger partial charge is 0.495 e. The standard InChI is InChI=1S/C24H32N4O4/c1-17-6-11-21(31-5)20(16-17)26-22(29)25-18-7-9-19(10-8-18)27-12-14-28(15-13-27)23(30)32-24(2,3)4/h6-11,16H,12-15H2,1-5H3,(H2,25,26,29). The molecule has 3 amide bonds. The van der Waals surface area contributed by atoms with Crippen LogP contribution >= 0.6 is 0 Å². The summed E-state index contributed by atoms with van der Waals surface area (Å²) >= 11 is 0. The van der Waals surface area contributed by atoms with Gasteiger partial charge >= 0.3 is 12.1 Å². The Morgan fingerprint density at radius 1 is 0.938 bits per heavy atom. The minimum absolute atomic E-state index is 0.270. The Bertz CT molecular complexity index is 945. The first kappa shape index (κ1) is 23.2. The highest BCUT2D eigenvalue weighted by Gasteiger charge is 2.25. The highest BCUT2D eigenvalue weighted by atomic mass is 16.6. The number of rotatable bonds is 4. The molecule has 0 saturated carbocycles. The van der Waals surface area contributed by atoms with Crippen molar-refractivity contribution in [2.45, 2.75) is 33.3 Å². The Morgan fingerprint density at radius 2 is 1.59 bits per heavy atom. The lowest BCUT2D eigenvalue weighted by Crippen LogP contribution is -2.50. The van der Waals surface area contributed by atoms with Crippen LogP contribution in [0.1, 0.15) is 26.3 Å². The van der Waals surface area contributed by atoms with Crippen molar-refractivity contribution < 1.29 is 19.1 Å². The van der Waals surface area contributed by atoms with Gasteiger partial charge < -0.3 is 29.9 Å². The molecule has 8 nitrogen and oxygen atoms in total. The first-order valence-corrected chi connectivity index (χ1v) is 10.7. The fourth-order valence-electron chi connectivity index (χ4n) is 3.43. The van der Waals surface area contributed by atoms with Gasteiger partial charge in [0.25, 0.3) is 0 Å². The van der Waals surface area contributed by atoms with Gasteiger partial charge in [-0.25, -0.2) is 9.59 Å². The van der Waals surface area contributed by atoms with Gasteiger partial charge in [-0.3, -0.25) is 0 Å². The molecule has 2 aromatic rings. The molecular weight excluding hydrogens is 408 g/mol. The van der Waals surface area contributed by atoms with E-state index in [0.717, 1.165) is 24.3 Å². The zero-order valence-electron chi connectivity index (χ0n) is 19.4. The molecule has 0 aliphatic carbocycles. The first-order valence-electron chi connectivity index (χ1n) is 10.7. The number of urea groups is 1. The number of carbonyl (C=O) groups excluding carboxylic acids is 2. The molecule has 1 saturated heterocycles. The molecule has 32 heavy (non-hydrogen) atoms. The molecule has 2 N–H and O–H groups in total. The number of anilines is 3. The lowest BCUT2D eigenvalue weighted by atomic mass is 10.2. The molecule has 0 spiro atoms. The molecule has 0 unspecified atom stereocenters. The molecule has 1 aliphatic rings. The summed E-state index contributed by atoms with van der Waals surface area (Å²) in [6.07, 6.45) is -0.270. The molecule has 8 heteroatoms. The van der Waals surface area contributed by atoms with Crippen molar-refractivity contribution in [3.8, 4) is 5.75 Å². The summed E-state index contributed by atoms with van der Waals surface area (Å²) in [5, 5.41) is 5.67. The van der Waals surface area contributed by atoms with Gasteiger partial charge in [0.05, 0.1) is 12.8 Å². The minimum atomic E-state index is -0.492. The van der Waals surface area contributed by atoms with Crippen LogP contribution in [0.15, 0.2) is 42.5 Å². The number of ether oxygens (including phenoxy) is 2. The fourth-order valence-corrected chi connectivity index (χ4v) is 3.43. The van der Waals surface area contributed by atoms with Crippen molar-refractivity contribution in [3.05, 3.63) is 48.0 Å². The van der Waals surface area contributed by atoms with Crippen LogP contribution in [0.2, 0.25) is 0 Å². The highest BCUT2D eigenvalue weighted by molar-refractivity contribution is 6.00. The molecule has 2 aromatic carbocycles. The quantitative estimate of drug-likeness (QED) is 0.720. The number of hydrogen-bond acceptors (Lipinski definition) is 5. The summed E-state index contributed by atoms with van der Waals surface area (Å²) in [6, 6.07) is 12.9. The number of amides is 3. The predicted octanol–water partition coefficient (Wildman–Crippen LogP) is 4.70. The summed E-state index contributed by atoms with van der Waals surface area (Å²) in [5.41, 5.74) is 2.88. The third-order valence-electron chi connectivity index (χ3n) is 5.02. The number of aryl methyl sites for hydroxylation is 1. The monoisotopic (exact) mass is 440 g/mol. The fraction of sp³-hybridized carbons (Fsp3) is 0.417. The van der Waals surface area contributed by atoms with E-state index in [4.69, 9.17) is 9.47 Å². The van der Waals surface area contributed by atoms with Crippen LogP contribution in [-0.4, -0.2) is 55.9 Å². The van der Waals surface area contributed by atoms with Crippen LogP contribution in [0.4, 0.5) is 26.7 Å². The van der Waals surface area contributed by atoms with Gasteiger partial charge in [0.1, 0.15) is 11.4 Å². The van der Waals surface area contributed by atoms with Gasteiger partial charge in [0.15, 0.2) is 0 Å². The predicted molar refractivity (Wildman–Crippen MR) is 127 cm³/mol. The Hall–Kier alpha value is -3.42. The smallest absolute Gasteiger partial charge is 0.410 e. The van der Waals surface area contributed by atoms with Crippen LogP contribution in [-0.2, 0) is 4.74 Å². The maximum atomic E-state index is 12.4. The van der Waals surface area contributed by atoms with Gasteiger partial charge in [-0.15, -0.1) is 0 Å². The normalized spacial score (nSPS) is 14.0. The molecular formula is C24H32N4O4. The van der Waals surface area contributed by atoms with Crippen LogP contribution < -0.4 is 20.3 Å². The van der Waals surface area contributed by atoms with Crippen molar-refractivity contribution in [1.29, 1.82) is 0 Å². The topological polar surface area (TPSA) is 83.1 Å². The van der Waals surface area contributed by atoms with E-state index in [0.29, 0.717) is 30.2 Å². The summed E-state index contributed by atoms with van der Waals surface area (Å²) in [7, 11) is 1.57. The maximum absolute atomic E-state index is 12.4. The van der Waals surface area contributed by atoms with E-state index in [2.05, 4.69) is 15.5 Å². The first-order chi connectivity index (χ1) is 15.1. The second-order valence-electron chi connectivity index (χ2n) is 8.78. The van der Waals surface area contributed by atoms with E-state index in [1.54, 1.807) is 12.0 Å². The van der Waals surface area contributed by atoms with Crippen molar-refractivity contribution in [2.75, 3.05) is 48.8 Å². The minimum Gasteiger partial charge on any atom is -0.495 e. The van der Waals surface area contributed by atoms with Crippen LogP contribution in [0.25, 0.3) is 0 Å². The third kappa shape index (κ3) is 6.29. The lowest BCUT2D eigenvalue weighted by molar-refractivity contribution is 0.0240. The summed E-state index contributed by atoms with van der Waals surface area (Å²) < 4.78 is 10.7. The Labute approximate surface area is 189 Å². The number of nitrogens with one attached hydrogen (secondary N) is 2. The average molecular weight is 441 g/mol. The van der Waals surface area contributed by atoms with Gasteiger partial charge in [-0.1, -0.05) is 6.07 Å². The number of hydrogen-bond donors (Lipinski definition) is 2. The van der Waals surface area contributed by atoms with E-state index in [1.807, 2.05) is 70.2 Å². The van der Waals surface area contributed by atoms with Gasteiger partial charge in [-0.2, -0.15) is 0 Å². The van der Waals surface area contributed by atoms with E-state index >= 15 is 0 Å². The average Bonchev–Trinajstić information content (AvgIpc) is 2.73. The molecule has 3 rings (SSSR count). The van der Waals surface area contributed by atoms with Gasteiger partial charge in [0, 0.05) is 37.6 Å². The van der Waals surface area contributed by atoms with E-state index < -0.39 is 5.60 Å². The summed E-state index contributed by atoms with van der Waals surface area (Å²) in [4.78, 5) is 28.6. The molecule has 1 heterocycles. The van der Waals surface area contributed by atoms with Crippen molar-refractivity contribution in [3.63, 3.8) is 0 Å². The lowest BCUT2D eigenvalue weighted by Gasteiger charge is -2.36. The van der Waals surface area contributed by atoms with Gasteiger partial charge in [-0.05, 0) is 69.7 Å². The number of carbonyl (C=O) groups is 2. The highest BCUT2D eigenvalue weighted by Crippen LogP contribution is 2.26. The second-order valence-corrected chi connectivity index (χ2v) is 8.78. The molecule has 0 radical (unpaired) electrons. The van der Waals surface area contributed by atoms with Gasteiger partial charge in [0.2, 0.25) is 0 Å². The zero-order chi connectivity index (χ0) is 23.3. The third-order valence-corrected chi connectivity index (χ3v) is 5.02.